The first kappa shape index (κ1) is 21.9. The van der Waals surface area contributed by atoms with E-state index in [1.807, 2.05) is 0 Å². The van der Waals surface area contributed by atoms with Crippen LogP contribution in [0.3, 0.4) is 0 Å². The molecule has 0 aromatic heterocycles. The van der Waals surface area contributed by atoms with Gasteiger partial charge in [-0.25, -0.2) is 0 Å². The third-order valence-electron chi connectivity index (χ3n) is 3.44. The number of aliphatic imine (C=N–C) groups is 1. The lowest BCUT2D eigenvalue weighted by atomic mass is 10.2. The van der Waals surface area contributed by atoms with Gasteiger partial charge in [0.05, 0.1) is 13.2 Å². The Morgan fingerprint density at radius 2 is 1.95 bits per heavy atom. The zero-order chi connectivity index (χ0) is 15.2. The van der Waals surface area contributed by atoms with Crippen molar-refractivity contribution in [1.82, 2.24) is 15.5 Å². The van der Waals surface area contributed by atoms with E-state index < -0.39 is 0 Å². The number of guanidine groups is 1. The van der Waals surface area contributed by atoms with E-state index in [1.165, 1.54) is 6.42 Å². The third kappa shape index (κ3) is 11.4. The Morgan fingerprint density at radius 1 is 1.18 bits per heavy atom. The minimum Gasteiger partial charge on any atom is -0.385 e. The van der Waals surface area contributed by atoms with Gasteiger partial charge >= 0.3 is 0 Å². The molecule has 0 unspecified atom stereocenters. The topological polar surface area (TPSA) is 58.1 Å². The molecule has 0 bridgehead atoms. The number of unbranched alkanes of at least 4 members (excludes halogenated alkanes) is 2. The summed E-state index contributed by atoms with van der Waals surface area (Å²) in [4.78, 5) is 7.03. The molecule has 1 saturated heterocycles. The molecule has 0 aromatic rings. The van der Waals surface area contributed by atoms with Gasteiger partial charge in [-0.15, -0.1) is 24.0 Å². The number of hydrogen-bond donors (Lipinski definition) is 2. The summed E-state index contributed by atoms with van der Waals surface area (Å²) in [6.45, 7) is 10.5. The Morgan fingerprint density at radius 3 is 2.64 bits per heavy atom. The maximum Gasteiger partial charge on any atom is 0.191 e. The second-order valence-corrected chi connectivity index (χ2v) is 5.19. The van der Waals surface area contributed by atoms with Crippen molar-refractivity contribution < 1.29 is 9.47 Å². The average Bonchev–Trinajstić information content (AvgIpc) is 2.51. The Hall–Kier alpha value is -0.120. The number of morpholine rings is 1. The van der Waals surface area contributed by atoms with Crippen molar-refractivity contribution in [3.8, 4) is 0 Å². The summed E-state index contributed by atoms with van der Waals surface area (Å²) in [5, 5.41) is 6.70. The molecule has 2 N–H and O–H groups in total. The second-order valence-electron chi connectivity index (χ2n) is 5.19. The Kier molecular flexibility index (Phi) is 15.7. The molecule has 1 aliphatic heterocycles. The highest BCUT2D eigenvalue weighted by molar-refractivity contribution is 14.0. The molecule has 1 rings (SSSR count). The molecule has 1 fully saturated rings. The van der Waals surface area contributed by atoms with Crippen molar-refractivity contribution in [3.05, 3.63) is 0 Å². The number of nitrogens with zero attached hydrogens (tertiary/aromatic N) is 2. The lowest BCUT2D eigenvalue weighted by molar-refractivity contribution is 0.0389. The number of nitrogens with one attached hydrogen (secondary N) is 2. The lowest BCUT2D eigenvalue weighted by Gasteiger charge is -2.26. The van der Waals surface area contributed by atoms with E-state index in [0.29, 0.717) is 0 Å². The maximum absolute atomic E-state index is 5.35. The molecular formula is C15H33IN4O2. The lowest BCUT2D eigenvalue weighted by Crippen LogP contribution is -2.44. The molecule has 0 aliphatic carbocycles. The number of ether oxygens (including phenoxy) is 2. The maximum atomic E-state index is 5.35. The largest absolute Gasteiger partial charge is 0.385 e. The fourth-order valence-electron chi connectivity index (χ4n) is 2.22. The van der Waals surface area contributed by atoms with Crippen LogP contribution in [0.25, 0.3) is 0 Å². The van der Waals surface area contributed by atoms with Crippen LogP contribution in [0.15, 0.2) is 4.99 Å². The molecule has 1 aliphatic rings. The van der Waals surface area contributed by atoms with Gasteiger partial charge in [-0.2, -0.15) is 0 Å². The van der Waals surface area contributed by atoms with Gasteiger partial charge in [-0.1, -0.05) is 0 Å². The first-order valence-corrected chi connectivity index (χ1v) is 8.18. The molecule has 132 valence electrons. The summed E-state index contributed by atoms with van der Waals surface area (Å²) in [6.07, 6.45) is 3.40. The van der Waals surface area contributed by atoms with E-state index in [1.54, 1.807) is 7.11 Å². The van der Waals surface area contributed by atoms with Crippen molar-refractivity contribution in [2.75, 3.05) is 66.2 Å². The van der Waals surface area contributed by atoms with E-state index in [0.717, 1.165) is 77.9 Å². The van der Waals surface area contributed by atoms with Gasteiger partial charge in [0.2, 0.25) is 0 Å². The molecule has 0 saturated carbocycles. The van der Waals surface area contributed by atoms with Crippen LogP contribution in [0.2, 0.25) is 0 Å². The minimum absolute atomic E-state index is 0. The van der Waals surface area contributed by atoms with Crippen LogP contribution in [-0.2, 0) is 9.47 Å². The smallest absolute Gasteiger partial charge is 0.191 e. The Balaban J connectivity index is 0.00000441. The number of halogens is 1. The summed E-state index contributed by atoms with van der Waals surface area (Å²) in [6, 6.07) is 0. The summed E-state index contributed by atoms with van der Waals surface area (Å²) in [7, 11) is 1.75. The van der Waals surface area contributed by atoms with Crippen LogP contribution in [-0.4, -0.2) is 77.1 Å². The molecule has 6 nitrogen and oxygen atoms in total. The molecule has 0 aromatic carbocycles. The normalized spacial score (nSPS) is 16.2. The van der Waals surface area contributed by atoms with Crippen LogP contribution >= 0.6 is 24.0 Å². The van der Waals surface area contributed by atoms with E-state index in [4.69, 9.17) is 9.47 Å². The number of hydrogen-bond acceptors (Lipinski definition) is 4. The second kappa shape index (κ2) is 15.8. The van der Waals surface area contributed by atoms with Gasteiger partial charge < -0.3 is 20.1 Å². The molecule has 0 radical (unpaired) electrons. The van der Waals surface area contributed by atoms with Crippen LogP contribution < -0.4 is 10.6 Å². The van der Waals surface area contributed by atoms with E-state index in [-0.39, 0.29) is 24.0 Å². The van der Waals surface area contributed by atoms with Crippen LogP contribution in [0, 0.1) is 0 Å². The van der Waals surface area contributed by atoms with Crippen molar-refractivity contribution in [1.29, 1.82) is 0 Å². The first-order valence-electron chi connectivity index (χ1n) is 8.18. The van der Waals surface area contributed by atoms with Crippen LogP contribution in [0.5, 0.6) is 0 Å². The fourth-order valence-corrected chi connectivity index (χ4v) is 2.22. The van der Waals surface area contributed by atoms with Gasteiger partial charge in [0.15, 0.2) is 5.96 Å². The van der Waals surface area contributed by atoms with E-state index >= 15 is 0 Å². The molecule has 22 heavy (non-hydrogen) atoms. The molecule has 1 heterocycles. The predicted octanol–water partition coefficient (Wildman–Crippen LogP) is 1.31. The first-order chi connectivity index (χ1) is 10.4. The van der Waals surface area contributed by atoms with Gasteiger partial charge in [-0.3, -0.25) is 9.89 Å². The summed E-state index contributed by atoms with van der Waals surface area (Å²) in [5.74, 6) is 0.928. The van der Waals surface area contributed by atoms with Crippen molar-refractivity contribution in [2.24, 2.45) is 4.99 Å². The van der Waals surface area contributed by atoms with Crippen LogP contribution in [0.1, 0.15) is 26.2 Å². The minimum atomic E-state index is 0. The van der Waals surface area contributed by atoms with Crippen LogP contribution in [0.4, 0.5) is 0 Å². The monoisotopic (exact) mass is 428 g/mol. The highest BCUT2D eigenvalue weighted by Crippen LogP contribution is 1.96. The molecule has 0 amide bonds. The van der Waals surface area contributed by atoms with Gasteiger partial charge in [-0.05, 0) is 26.2 Å². The van der Waals surface area contributed by atoms with Crippen molar-refractivity contribution >= 4 is 29.9 Å². The standard InChI is InChI=1S/C15H32N4O2.HI/c1-3-16-15(17-7-5-4-6-12-20-2)18-8-9-19-10-13-21-14-11-19;/h3-14H2,1-2H3,(H2,16,17,18);1H. The zero-order valence-electron chi connectivity index (χ0n) is 14.1. The summed E-state index contributed by atoms with van der Waals surface area (Å²) >= 11 is 0. The highest BCUT2D eigenvalue weighted by atomic mass is 127. The molecule has 7 heteroatoms. The van der Waals surface area contributed by atoms with Gasteiger partial charge in [0.1, 0.15) is 0 Å². The Labute approximate surface area is 152 Å². The molecular weight excluding hydrogens is 395 g/mol. The fraction of sp³-hybridized carbons (Fsp3) is 0.933. The third-order valence-corrected chi connectivity index (χ3v) is 3.44. The predicted molar refractivity (Wildman–Crippen MR) is 102 cm³/mol. The summed E-state index contributed by atoms with van der Waals surface area (Å²) < 4.78 is 10.4. The highest BCUT2D eigenvalue weighted by Gasteiger charge is 2.09. The van der Waals surface area contributed by atoms with E-state index in [2.05, 4.69) is 27.4 Å². The molecule has 0 spiro atoms. The van der Waals surface area contributed by atoms with Gasteiger partial charge in [0, 0.05) is 53.0 Å². The van der Waals surface area contributed by atoms with Crippen molar-refractivity contribution in [3.63, 3.8) is 0 Å². The average molecular weight is 428 g/mol. The Bertz CT molecular complexity index is 274. The zero-order valence-corrected chi connectivity index (χ0v) is 16.4. The van der Waals surface area contributed by atoms with E-state index in [9.17, 15) is 0 Å². The quantitative estimate of drug-likeness (QED) is 0.238. The molecule has 0 atom stereocenters. The number of methoxy groups -OCH3 is 1. The van der Waals surface area contributed by atoms with Gasteiger partial charge in [0.25, 0.3) is 0 Å². The van der Waals surface area contributed by atoms with Crippen molar-refractivity contribution in [2.45, 2.75) is 26.2 Å². The summed E-state index contributed by atoms with van der Waals surface area (Å²) in [5.41, 5.74) is 0. The number of rotatable bonds is 10. The SMILES string of the molecule is CCNC(=NCCCCCOC)NCCN1CCOCC1.I.